The quantitative estimate of drug-likeness (QED) is 0.694. The number of hydrogen-bond donors (Lipinski definition) is 0. The van der Waals surface area contributed by atoms with Crippen LogP contribution in [0.1, 0.15) is 20.8 Å². The molecule has 0 N–H and O–H groups in total. The Bertz CT molecular complexity index is 153. The first kappa shape index (κ1) is 14.6. The normalized spacial score (nSPS) is 12.7. The van der Waals surface area contributed by atoms with Crippen molar-refractivity contribution < 1.29 is 37.8 Å². The number of hydrogen-bond acceptors (Lipinski definition) is 2. The first-order valence-corrected chi connectivity index (χ1v) is 9.69. The van der Waals surface area contributed by atoms with Crippen LogP contribution in [-0.2, 0) is 24.7 Å². The van der Waals surface area contributed by atoms with Gasteiger partial charge in [-0.05, 0) is 0 Å². The summed E-state index contributed by atoms with van der Waals surface area (Å²) in [5.41, 5.74) is 0. The standard InChI is InChI=1S/C6H15OSi.CF3O.Zn/c1-4-8(7,5-2)6-3;2-1(3,4)5;/h4-6H2,1-3H3;;/q2*-1;+2. The van der Waals surface area contributed by atoms with Crippen LogP contribution in [0.3, 0.4) is 0 Å². The van der Waals surface area contributed by atoms with Crippen molar-refractivity contribution in [1.82, 2.24) is 0 Å². The van der Waals surface area contributed by atoms with Gasteiger partial charge in [-0.25, -0.2) is 0 Å². The predicted octanol–water partition coefficient (Wildman–Crippen LogP) is 3.46. The molecule has 0 aliphatic heterocycles. The van der Waals surface area contributed by atoms with Crippen LogP contribution in [0.25, 0.3) is 0 Å². The molecule has 0 saturated heterocycles. The van der Waals surface area contributed by atoms with Gasteiger partial charge in [0.05, 0.1) is 0 Å². The third kappa shape index (κ3) is 5.44. The summed E-state index contributed by atoms with van der Waals surface area (Å²) in [4.78, 5) is 0. The summed E-state index contributed by atoms with van der Waals surface area (Å²) < 4.78 is 44.3. The van der Waals surface area contributed by atoms with Gasteiger partial charge in [-0.2, -0.15) is 0 Å². The fourth-order valence-electron chi connectivity index (χ4n) is 1.28. The van der Waals surface area contributed by atoms with E-state index in [0.717, 1.165) is 18.1 Å². The van der Waals surface area contributed by atoms with Gasteiger partial charge in [0.1, 0.15) is 0 Å². The van der Waals surface area contributed by atoms with E-state index in [-0.39, 0.29) is 0 Å². The molecule has 0 aromatic rings. The van der Waals surface area contributed by atoms with Gasteiger partial charge in [-0.1, -0.05) is 0 Å². The molecule has 0 fully saturated rings. The van der Waals surface area contributed by atoms with Crippen LogP contribution in [0.4, 0.5) is 13.2 Å². The van der Waals surface area contributed by atoms with E-state index in [0.29, 0.717) is 0 Å². The van der Waals surface area contributed by atoms with Crippen LogP contribution in [0.2, 0.25) is 18.1 Å². The third-order valence-electron chi connectivity index (χ3n) is 2.52. The van der Waals surface area contributed by atoms with Crippen LogP contribution in [0, 0.1) is 0 Å². The Morgan fingerprint density at radius 3 is 1.79 bits per heavy atom. The molecule has 82 valence electrons. The monoisotopic (exact) mass is 280 g/mol. The van der Waals surface area contributed by atoms with E-state index in [1.807, 2.05) is 20.8 Å². The Morgan fingerprint density at radius 1 is 1.07 bits per heavy atom. The molecule has 0 aliphatic rings. The zero-order valence-electron chi connectivity index (χ0n) is 8.78. The predicted molar refractivity (Wildman–Crippen MR) is 45.4 cm³/mol. The van der Waals surface area contributed by atoms with Crippen molar-refractivity contribution in [2.24, 2.45) is 0 Å². The number of rotatable bonds is 6. The van der Waals surface area contributed by atoms with Crippen LogP contribution >= 0.6 is 0 Å². The Morgan fingerprint density at radius 2 is 1.50 bits per heavy atom. The van der Waals surface area contributed by atoms with Gasteiger partial charge in [0.15, 0.2) is 0 Å². The van der Waals surface area contributed by atoms with E-state index >= 15 is 0 Å². The summed E-state index contributed by atoms with van der Waals surface area (Å²) in [6.07, 6.45) is -4.50. The SMILES string of the molecule is CC[Si](CC)(CC)[O][Zn][O]C(F)(F)F. The van der Waals surface area contributed by atoms with E-state index < -0.39 is 32.5 Å². The molecular formula is C7H15F3O2SiZn. The second-order valence-corrected chi connectivity index (χ2v) is 10.8. The summed E-state index contributed by atoms with van der Waals surface area (Å²) in [6, 6.07) is 2.60. The van der Waals surface area contributed by atoms with Gasteiger partial charge in [-0.15, -0.1) is 0 Å². The van der Waals surface area contributed by atoms with Gasteiger partial charge in [0.25, 0.3) is 0 Å². The summed E-state index contributed by atoms with van der Waals surface area (Å²) in [6.45, 7) is 5.94. The van der Waals surface area contributed by atoms with Crippen molar-refractivity contribution in [2.75, 3.05) is 0 Å². The molecule has 0 rings (SSSR count). The molecule has 0 spiro atoms. The van der Waals surface area contributed by atoms with E-state index in [1.54, 1.807) is 0 Å². The van der Waals surface area contributed by atoms with Crippen LogP contribution in [0.15, 0.2) is 0 Å². The van der Waals surface area contributed by atoms with Gasteiger partial charge in [-0.3, -0.25) is 0 Å². The molecule has 0 radical (unpaired) electrons. The van der Waals surface area contributed by atoms with E-state index in [1.165, 1.54) is 0 Å². The van der Waals surface area contributed by atoms with Crippen molar-refractivity contribution in [3.8, 4) is 0 Å². The number of alkyl halides is 3. The average molecular weight is 282 g/mol. The zero-order chi connectivity index (χ0) is 11.2. The fraction of sp³-hybridized carbons (Fsp3) is 1.00. The van der Waals surface area contributed by atoms with Crippen LogP contribution in [0.5, 0.6) is 0 Å². The van der Waals surface area contributed by atoms with Crippen LogP contribution < -0.4 is 0 Å². The maximum atomic E-state index is 11.7. The van der Waals surface area contributed by atoms with E-state index in [9.17, 15) is 13.2 Å². The minimum absolute atomic E-state index is 0.868. The van der Waals surface area contributed by atoms with E-state index in [4.69, 9.17) is 3.25 Å². The zero-order valence-corrected chi connectivity index (χ0v) is 12.7. The van der Waals surface area contributed by atoms with E-state index in [2.05, 4.69) is 3.56 Å². The fourth-order valence-corrected chi connectivity index (χ4v) is 9.78. The van der Waals surface area contributed by atoms with Crippen molar-refractivity contribution >= 4 is 8.32 Å². The van der Waals surface area contributed by atoms with Gasteiger partial charge >= 0.3 is 91.4 Å². The van der Waals surface area contributed by atoms with Crippen molar-refractivity contribution in [1.29, 1.82) is 0 Å². The summed E-state index contributed by atoms with van der Waals surface area (Å²) in [7, 11) is -1.86. The Balaban J connectivity index is 3.95. The van der Waals surface area contributed by atoms with Crippen molar-refractivity contribution in [3.05, 3.63) is 0 Å². The second kappa shape index (κ2) is 6.20. The van der Waals surface area contributed by atoms with Gasteiger partial charge in [0.2, 0.25) is 0 Å². The molecule has 0 heterocycles. The second-order valence-electron chi connectivity index (χ2n) is 3.10. The molecule has 0 aromatic heterocycles. The molecule has 0 bridgehead atoms. The molecular weight excluding hydrogens is 267 g/mol. The van der Waals surface area contributed by atoms with Gasteiger partial charge < -0.3 is 0 Å². The average Bonchev–Trinajstić information content (AvgIpc) is 2.11. The molecule has 0 amide bonds. The topological polar surface area (TPSA) is 18.5 Å². The summed E-state index contributed by atoms with van der Waals surface area (Å²) in [5, 5.41) is 0. The minimum atomic E-state index is -4.50. The summed E-state index contributed by atoms with van der Waals surface area (Å²) >= 11 is -2.32. The molecule has 0 atom stereocenters. The molecule has 0 aromatic carbocycles. The molecule has 0 saturated carbocycles. The number of halogens is 3. The third-order valence-corrected chi connectivity index (χ3v) is 12.6. The molecule has 0 unspecified atom stereocenters. The Labute approximate surface area is 91.7 Å². The first-order valence-electron chi connectivity index (χ1n) is 4.73. The van der Waals surface area contributed by atoms with Crippen molar-refractivity contribution in [3.63, 3.8) is 0 Å². The Kier molecular flexibility index (Phi) is 6.45. The van der Waals surface area contributed by atoms with Gasteiger partial charge in [0, 0.05) is 0 Å². The molecule has 0 aliphatic carbocycles. The maximum absolute atomic E-state index is 11.7. The molecule has 7 heteroatoms. The van der Waals surface area contributed by atoms with Crippen LogP contribution in [-0.4, -0.2) is 14.7 Å². The molecule has 2 nitrogen and oxygen atoms in total. The summed E-state index contributed by atoms with van der Waals surface area (Å²) in [5.74, 6) is 0. The Hall–Kier alpha value is 0.550. The molecule has 14 heavy (non-hydrogen) atoms. The first-order chi connectivity index (χ1) is 6.39. The van der Waals surface area contributed by atoms with Crippen molar-refractivity contribution in [2.45, 2.75) is 45.3 Å².